The Labute approximate surface area is 159 Å². The molecule has 1 aliphatic rings. The summed E-state index contributed by atoms with van der Waals surface area (Å²) in [7, 11) is 1.57. The van der Waals surface area contributed by atoms with Crippen LogP contribution in [0.5, 0.6) is 5.75 Å². The van der Waals surface area contributed by atoms with Gasteiger partial charge in [-0.3, -0.25) is 15.0 Å². The van der Waals surface area contributed by atoms with E-state index in [0.29, 0.717) is 11.3 Å². The molecule has 1 fully saturated rings. The van der Waals surface area contributed by atoms with E-state index in [1.807, 2.05) is 12.1 Å². The van der Waals surface area contributed by atoms with Gasteiger partial charge in [0.25, 0.3) is 5.91 Å². The zero-order valence-corrected chi connectivity index (χ0v) is 15.6. The van der Waals surface area contributed by atoms with Crippen molar-refractivity contribution in [2.45, 2.75) is 19.4 Å². The number of methoxy groups -OCH3 is 1. The number of hydrogen-bond acceptors (Lipinski definition) is 4. The van der Waals surface area contributed by atoms with Crippen molar-refractivity contribution in [3.05, 3.63) is 59.7 Å². The minimum atomic E-state index is -0.271. The van der Waals surface area contributed by atoms with Gasteiger partial charge in [0.15, 0.2) is 5.11 Å². The Hall–Kier alpha value is -2.44. The molecule has 3 rings (SSSR count). The van der Waals surface area contributed by atoms with Crippen molar-refractivity contribution in [1.29, 1.82) is 0 Å². The van der Waals surface area contributed by atoms with Gasteiger partial charge in [-0.1, -0.05) is 18.2 Å². The molecule has 2 aromatic rings. The first-order chi connectivity index (χ1) is 12.6. The summed E-state index contributed by atoms with van der Waals surface area (Å²) in [5.41, 5.74) is 2.63. The molecular formula is C20H23N3O2S. The second-order valence-electron chi connectivity index (χ2n) is 6.32. The van der Waals surface area contributed by atoms with Gasteiger partial charge < -0.3 is 10.1 Å². The van der Waals surface area contributed by atoms with Gasteiger partial charge in [0.05, 0.1) is 7.11 Å². The number of likely N-dealkylation sites (tertiary alicyclic amines) is 1. The maximum atomic E-state index is 12.3. The molecule has 0 unspecified atom stereocenters. The van der Waals surface area contributed by atoms with E-state index >= 15 is 0 Å². The van der Waals surface area contributed by atoms with Gasteiger partial charge in [0.2, 0.25) is 0 Å². The average Bonchev–Trinajstić information content (AvgIpc) is 3.16. The quantitative estimate of drug-likeness (QED) is 0.791. The summed E-state index contributed by atoms with van der Waals surface area (Å²) in [6.07, 6.45) is 2.59. The van der Waals surface area contributed by atoms with Crippen LogP contribution in [-0.4, -0.2) is 36.1 Å². The highest BCUT2D eigenvalue weighted by molar-refractivity contribution is 7.80. The van der Waals surface area contributed by atoms with Gasteiger partial charge in [0, 0.05) is 17.8 Å². The molecule has 1 aliphatic heterocycles. The first-order valence-corrected chi connectivity index (χ1v) is 9.12. The summed E-state index contributed by atoms with van der Waals surface area (Å²) in [4.78, 5) is 14.7. The fourth-order valence-electron chi connectivity index (χ4n) is 2.99. The maximum absolute atomic E-state index is 12.3. The number of ether oxygens (including phenoxy) is 1. The number of rotatable bonds is 5. The van der Waals surface area contributed by atoms with Crippen molar-refractivity contribution >= 4 is 28.9 Å². The molecule has 0 saturated carbocycles. The third-order valence-corrected chi connectivity index (χ3v) is 4.58. The topological polar surface area (TPSA) is 53.6 Å². The number of carbonyl (C=O) groups excluding carboxylic acids is 1. The molecular weight excluding hydrogens is 346 g/mol. The number of anilines is 1. The molecule has 0 radical (unpaired) electrons. The summed E-state index contributed by atoms with van der Waals surface area (Å²) in [6.45, 7) is 3.35. The van der Waals surface area contributed by atoms with E-state index in [1.54, 1.807) is 31.4 Å². The van der Waals surface area contributed by atoms with E-state index in [0.717, 1.165) is 12.2 Å². The maximum Gasteiger partial charge on any atom is 0.257 e. The van der Waals surface area contributed by atoms with Crippen molar-refractivity contribution in [2.24, 2.45) is 0 Å². The molecule has 0 spiro atoms. The smallest absolute Gasteiger partial charge is 0.257 e. The van der Waals surface area contributed by atoms with Crippen LogP contribution in [0.15, 0.2) is 48.5 Å². The molecule has 5 nitrogen and oxygen atoms in total. The normalized spacial score (nSPS) is 14.0. The summed E-state index contributed by atoms with van der Waals surface area (Å²) < 4.78 is 5.13. The Bertz CT molecular complexity index is 771. The van der Waals surface area contributed by atoms with Crippen LogP contribution in [0.25, 0.3) is 0 Å². The van der Waals surface area contributed by atoms with Crippen LogP contribution in [0, 0.1) is 0 Å². The molecule has 0 atom stereocenters. The molecule has 1 amide bonds. The van der Waals surface area contributed by atoms with E-state index in [4.69, 9.17) is 17.0 Å². The number of benzene rings is 2. The lowest BCUT2D eigenvalue weighted by Crippen LogP contribution is -2.34. The van der Waals surface area contributed by atoms with Gasteiger partial charge in [-0.2, -0.15) is 0 Å². The predicted molar refractivity (Wildman–Crippen MR) is 108 cm³/mol. The molecule has 1 heterocycles. The Morgan fingerprint density at radius 1 is 1.15 bits per heavy atom. The predicted octanol–water partition coefficient (Wildman–Crippen LogP) is 3.42. The van der Waals surface area contributed by atoms with Gasteiger partial charge in [-0.05, 0) is 74.0 Å². The van der Waals surface area contributed by atoms with Gasteiger partial charge >= 0.3 is 0 Å². The number of hydrogen-bond donors (Lipinski definition) is 2. The number of nitrogens with zero attached hydrogens (tertiary/aromatic N) is 1. The lowest BCUT2D eigenvalue weighted by atomic mass is 10.2. The standard InChI is InChI=1S/C20H23N3O2S/c1-25-18-6-4-5-16(13-18)19(24)22-20(26)21-17-9-7-15(8-10-17)14-23-11-2-3-12-23/h4-10,13H,2-3,11-12,14H2,1H3,(H2,21,22,24,26). The molecule has 26 heavy (non-hydrogen) atoms. The second kappa shape index (κ2) is 8.78. The second-order valence-corrected chi connectivity index (χ2v) is 6.73. The largest absolute Gasteiger partial charge is 0.497 e. The first kappa shape index (κ1) is 18.4. The fourth-order valence-corrected chi connectivity index (χ4v) is 3.20. The lowest BCUT2D eigenvalue weighted by Gasteiger charge is -2.15. The first-order valence-electron chi connectivity index (χ1n) is 8.72. The van der Waals surface area contributed by atoms with Crippen LogP contribution >= 0.6 is 12.2 Å². The SMILES string of the molecule is COc1cccc(C(=O)NC(=S)Nc2ccc(CN3CCCC3)cc2)c1. The molecule has 1 saturated heterocycles. The third-order valence-electron chi connectivity index (χ3n) is 4.38. The van der Waals surface area contributed by atoms with E-state index in [9.17, 15) is 4.79 Å². The highest BCUT2D eigenvalue weighted by Crippen LogP contribution is 2.15. The highest BCUT2D eigenvalue weighted by atomic mass is 32.1. The monoisotopic (exact) mass is 369 g/mol. The number of nitrogens with one attached hydrogen (secondary N) is 2. The van der Waals surface area contributed by atoms with E-state index < -0.39 is 0 Å². The minimum absolute atomic E-state index is 0.269. The average molecular weight is 369 g/mol. The van der Waals surface area contributed by atoms with Crippen LogP contribution in [-0.2, 0) is 6.54 Å². The Balaban J connectivity index is 1.53. The van der Waals surface area contributed by atoms with Gasteiger partial charge in [0.1, 0.15) is 5.75 Å². The van der Waals surface area contributed by atoms with Crippen LogP contribution < -0.4 is 15.4 Å². The third kappa shape index (κ3) is 5.03. The molecule has 2 N–H and O–H groups in total. The summed E-state index contributed by atoms with van der Waals surface area (Å²) >= 11 is 5.24. The Morgan fingerprint density at radius 3 is 2.58 bits per heavy atom. The fraction of sp³-hybridized carbons (Fsp3) is 0.300. The molecule has 0 bridgehead atoms. The van der Waals surface area contributed by atoms with Crippen molar-refractivity contribution in [2.75, 3.05) is 25.5 Å². The van der Waals surface area contributed by atoms with Crippen molar-refractivity contribution < 1.29 is 9.53 Å². The zero-order chi connectivity index (χ0) is 18.4. The molecule has 136 valence electrons. The highest BCUT2D eigenvalue weighted by Gasteiger charge is 2.12. The summed E-state index contributed by atoms with van der Waals surface area (Å²) in [5, 5.41) is 6.00. The zero-order valence-electron chi connectivity index (χ0n) is 14.8. The van der Waals surface area contributed by atoms with Gasteiger partial charge in [-0.25, -0.2) is 0 Å². The summed E-state index contributed by atoms with van der Waals surface area (Å²) in [5.74, 6) is 0.358. The van der Waals surface area contributed by atoms with Gasteiger partial charge in [-0.15, -0.1) is 0 Å². The number of carbonyl (C=O) groups is 1. The number of thiocarbonyl (C=S) groups is 1. The van der Waals surface area contributed by atoms with Crippen molar-refractivity contribution in [3.63, 3.8) is 0 Å². The van der Waals surface area contributed by atoms with Crippen LogP contribution in [0.1, 0.15) is 28.8 Å². The Kier molecular flexibility index (Phi) is 6.20. The van der Waals surface area contributed by atoms with Crippen LogP contribution in [0.4, 0.5) is 5.69 Å². The van der Waals surface area contributed by atoms with Crippen molar-refractivity contribution in [1.82, 2.24) is 10.2 Å². The molecule has 0 aliphatic carbocycles. The van der Waals surface area contributed by atoms with Crippen LogP contribution in [0.2, 0.25) is 0 Å². The lowest BCUT2D eigenvalue weighted by molar-refractivity contribution is 0.0977. The summed E-state index contributed by atoms with van der Waals surface area (Å²) in [6, 6.07) is 15.1. The van der Waals surface area contributed by atoms with Crippen molar-refractivity contribution in [3.8, 4) is 5.75 Å². The Morgan fingerprint density at radius 2 is 1.88 bits per heavy atom. The number of amides is 1. The molecule has 6 heteroatoms. The molecule has 2 aromatic carbocycles. The minimum Gasteiger partial charge on any atom is -0.497 e. The van der Waals surface area contributed by atoms with E-state index in [2.05, 4.69) is 27.7 Å². The molecule has 0 aromatic heterocycles. The van der Waals surface area contributed by atoms with E-state index in [1.165, 1.54) is 31.5 Å². The van der Waals surface area contributed by atoms with E-state index in [-0.39, 0.29) is 11.0 Å². The van der Waals surface area contributed by atoms with Crippen LogP contribution in [0.3, 0.4) is 0 Å².